The molecular weight excluding hydrogens is 385 g/mol. The molecule has 0 saturated carbocycles. The molecule has 0 fully saturated rings. The van der Waals surface area contributed by atoms with Crippen LogP contribution in [0.4, 0.5) is 0 Å². The number of aromatic carboxylic acids is 1. The number of fused-ring (bicyclic) bond motifs is 3. The summed E-state index contributed by atoms with van der Waals surface area (Å²) < 4.78 is 1.05. The van der Waals surface area contributed by atoms with Crippen molar-refractivity contribution in [2.75, 3.05) is 0 Å². The topological polar surface area (TPSA) is 53.0 Å². The van der Waals surface area contributed by atoms with Crippen LogP contribution in [-0.2, 0) is 6.42 Å². The molecule has 0 unspecified atom stereocenters. The number of hydrogen-bond donors (Lipinski definition) is 0. The molecule has 0 aliphatic carbocycles. The van der Waals surface area contributed by atoms with Gasteiger partial charge in [-0.15, -0.1) is 11.3 Å². The molecule has 0 N–H and O–H groups in total. The van der Waals surface area contributed by atoms with Gasteiger partial charge in [0.2, 0.25) is 0 Å². The molecule has 0 saturated heterocycles. The van der Waals surface area contributed by atoms with Crippen molar-refractivity contribution < 1.29 is 39.5 Å². The van der Waals surface area contributed by atoms with Gasteiger partial charge in [-0.25, -0.2) is 4.98 Å². The number of para-hydroxylation sites is 1. The van der Waals surface area contributed by atoms with Gasteiger partial charge in [0, 0.05) is 27.3 Å². The first-order valence-electron chi connectivity index (χ1n) is 8.19. The molecule has 1 aliphatic rings. The summed E-state index contributed by atoms with van der Waals surface area (Å²) in [7, 11) is 0. The van der Waals surface area contributed by atoms with Gasteiger partial charge in [0.25, 0.3) is 0 Å². The molecule has 6 heteroatoms. The van der Waals surface area contributed by atoms with Gasteiger partial charge < -0.3 is 9.90 Å². The molecule has 0 bridgehead atoms. The van der Waals surface area contributed by atoms with Crippen LogP contribution < -0.4 is 34.7 Å². The maximum Gasteiger partial charge on any atom is 1.00 e. The third-order valence-electron chi connectivity index (χ3n) is 4.56. The van der Waals surface area contributed by atoms with E-state index in [1.807, 2.05) is 48.5 Å². The second-order valence-corrected chi connectivity index (χ2v) is 8.24. The Morgan fingerprint density at radius 3 is 2.56 bits per heavy atom. The number of hydrogen-bond acceptors (Lipinski definition) is 5. The minimum atomic E-state index is -1.14. The molecule has 4 aromatic rings. The van der Waals surface area contributed by atoms with Crippen molar-refractivity contribution in [1.82, 2.24) is 4.98 Å². The molecular formula is C21H12NNaO2S2. The predicted octanol–water partition coefficient (Wildman–Crippen LogP) is 1.39. The van der Waals surface area contributed by atoms with Crippen molar-refractivity contribution in [3.05, 3.63) is 77.4 Å². The Bertz CT molecular complexity index is 1150. The van der Waals surface area contributed by atoms with Gasteiger partial charge >= 0.3 is 29.6 Å². The van der Waals surface area contributed by atoms with E-state index in [1.165, 1.54) is 16.2 Å². The van der Waals surface area contributed by atoms with Crippen molar-refractivity contribution in [2.24, 2.45) is 0 Å². The third-order valence-corrected chi connectivity index (χ3v) is 6.85. The first kappa shape index (κ1) is 18.7. The third kappa shape index (κ3) is 3.24. The fourth-order valence-corrected chi connectivity index (χ4v) is 5.44. The van der Waals surface area contributed by atoms with Crippen LogP contribution in [0.25, 0.3) is 20.8 Å². The monoisotopic (exact) mass is 397 g/mol. The second kappa shape index (κ2) is 7.41. The predicted molar refractivity (Wildman–Crippen MR) is 103 cm³/mol. The van der Waals surface area contributed by atoms with Crippen molar-refractivity contribution in [3.8, 4) is 10.6 Å². The summed E-state index contributed by atoms with van der Waals surface area (Å²) in [6, 6.07) is 19.8. The Kier molecular flexibility index (Phi) is 5.14. The van der Waals surface area contributed by atoms with Gasteiger partial charge in [0.15, 0.2) is 0 Å². The summed E-state index contributed by atoms with van der Waals surface area (Å²) in [5, 5.41) is 12.8. The van der Waals surface area contributed by atoms with E-state index in [9.17, 15) is 9.90 Å². The Morgan fingerprint density at radius 1 is 0.963 bits per heavy atom. The number of rotatable bonds is 2. The second-order valence-electron chi connectivity index (χ2n) is 6.13. The Labute approximate surface area is 186 Å². The van der Waals surface area contributed by atoms with E-state index in [-0.39, 0.29) is 35.1 Å². The number of carbonyl (C=O) groups excluding carboxylic acids is 1. The van der Waals surface area contributed by atoms with Gasteiger partial charge in [-0.2, -0.15) is 0 Å². The molecule has 3 nitrogen and oxygen atoms in total. The number of benzene rings is 3. The molecule has 3 aromatic carbocycles. The normalized spacial score (nSPS) is 12.1. The number of aromatic nitrogens is 1. The molecule has 2 heterocycles. The molecule has 27 heavy (non-hydrogen) atoms. The SMILES string of the molecule is O=C([O-])c1c(-c2nc3ccccc3s2)ccc2c1Cc1ccccc1S2.[Na+]. The van der Waals surface area contributed by atoms with E-state index in [0.717, 1.165) is 31.2 Å². The zero-order chi connectivity index (χ0) is 17.7. The van der Waals surface area contributed by atoms with E-state index < -0.39 is 5.97 Å². The maximum atomic E-state index is 12.1. The smallest absolute Gasteiger partial charge is 0.545 e. The Hall–Kier alpha value is -1.63. The summed E-state index contributed by atoms with van der Waals surface area (Å²) in [6.45, 7) is 0. The fraction of sp³-hybridized carbons (Fsp3) is 0.0476. The van der Waals surface area contributed by atoms with Crippen LogP contribution in [0.15, 0.2) is 70.5 Å². The number of thiazole rings is 1. The molecule has 1 aliphatic heterocycles. The standard InChI is InChI=1S/C21H13NO2S2.Na/c23-21(24)19-13(20-22-15-6-2-4-8-18(15)26-20)9-10-17-14(19)11-12-5-1-3-7-16(12)25-17;/h1-10H,11H2,(H,23,24);/q;+1/p-1. The number of carboxylic acid groups (broad SMARTS) is 1. The summed E-state index contributed by atoms with van der Waals surface area (Å²) >= 11 is 3.12. The largest absolute Gasteiger partial charge is 1.00 e. The summed E-state index contributed by atoms with van der Waals surface area (Å²) in [5.41, 5.74) is 3.77. The van der Waals surface area contributed by atoms with Gasteiger partial charge in [0.1, 0.15) is 5.01 Å². The fourth-order valence-electron chi connectivity index (χ4n) is 3.36. The zero-order valence-electron chi connectivity index (χ0n) is 14.6. The van der Waals surface area contributed by atoms with E-state index >= 15 is 0 Å². The van der Waals surface area contributed by atoms with E-state index in [2.05, 4.69) is 17.1 Å². The van der Waals surface area contributed by atoms with Crippen molar-refractivity contribution in [2.45, 2.75) is 16.2 Å². The quantitative estimate of drug-likeness (QED) is 0.423. The van der Waals surface area contributed by atoms with Gasteiger partial charge in [-0.3, -0.25) is 0 Å². The average molecular weight is 397 g/mol. The van der Waals surface area contributed by atoms with Crippen LogP contribution in [0.2, 0.25) is 0 Å². The first-order valence-corrected chi connectivity index (χ1v) is 9.83. The minimum absolute atomic E-state index is 0. The van der Waals surface area contributed by atoms with Crippen LogP contribution >= 0.6 is 23.1 Å². The van der Waals surface area contributed by atoms with E-state index in [1.54, 1.807) is 11.8 Å². The molecule has 0 atom stereocenters. The van der Waals surface area contributed by atoms with Crippen molar-refractivity contribution in [1.29, 1.82) is 0 Å². The van der Waals surface area contributed by atoms with E-state index in [4.69, 9.17) is 0 Å². The van der Waals surface area contributed by atoms with Crippen LogP contribution in [0.3, 0.4) is 0 Å². The van der Waals surface area contributed by atoms with Crippen LogP contribution in [0, 0.1) is 0 Å². The molecule has 0 amide bonds. The Morgan fingerprint density at radius 2 is 1.74 bits per heavy atom. The van der Waals surface area contributed by atoms with Gasteiger partial charge in [-0.05, 0) is 35.4 Å². The van der Waals surface area contributed by atoms with Crippen LogP contribution in [0.1, 0.15) is 21.5 Å². The van der Waals surface area contributed by atoms with Gasteiger partial charge in [-0.1, -0.05) is 48.2 Å². The number of carboxylic acids is 1. The number of nitrogens with zero attached hydrogens (tertiary/aromatic N) is 1. The molecule has 0 radical (unpaired) electrons. The molecule has 126 valence electrons. The average Bonchev–Trinajstić information content (AvgIpc) is 3.09. The minimum Gasteiger partial charge on any atom is -0.545 e. The summed E-state index contributed by atoms with van der Waals surface area (Å²) in [5.74, 6) is -1.14. The molecule has 0 spiro atoms. The van der Waals surface area contributed by atoms with Crippen LogP contribution in [0.5, 0.6) is 0 Å². The van der Waals surface area contributed by atoms with Crippen LogP contribution in [-0.4, -0.2) is 11.0 Å². The van der Waals surface area contributed by atoms with Gasteiger partial charge in [0.05, 0.1) is 16.2 Å². The van der Waals surface area contributed by atoms with Crippen molar-refractivity contribution >= 4 is 39.3 Å². The molecule has 5 rings (SSSR count). The first-order chi connectivity index (χ1) is 12.7. The Balaban J connectivity index is 0.00000180. The summed E-state index contributed by atoms with van der Waals surface area (Å²) in [6.07, 6.45) is 0.598. The zero-order valence-corrected chi connectivity index (χ0v) is 18.2. The number of carbonyl (C=O) groups is 1. The summed E-state index contributed by atoms with van der Waals surface area (Å²) in [4.78, 5) is 18.8. The molecule has 1 aromatic heterocycles. The van der Waals surface area contributed by atoms with Crippen molar-refractivity contribution in [3.63, 3.8) is 0 Å². The van der Waals surface area contributed by atoms with E-state index in [0.29, 0.717) is 12.0 Å². The maximum absolute atomic E-state index is 12.1.